The molecular weight excluding hydrogens is 306 g/mol. The maximum atomic E-state index is 12.0. The number of halogens is 1. The van der Waals surface area contributed by atoms with Gasteiger partial charge in [0.2, 0.25) is 0 Å². The molecule has 0 fully saturated rings. The quantitative estimate of drug-likeness (QED) is 0.822. The first-order valence-electron chi connectivity index (χ1n) is 6.51. The van der Waals surface area contributed by atoms with E-state index in [1.54, 1.807) is 0 Å². The fraction of sp³-hybridized carbons (Fsp3) is 0.533. The second-order valence-corrected chi connectivity index (χ2v) is 6.55. The second kappa shape index (κ2) is 6.94. The van der Waals surface area contributed by atoms with Gasteiger partial charge in [-0.15, -0.1) is 0 Å². The van der Waals surface area contributed by atoms with Crippen molar-refractivity contribution in [3.63, 3.8) is 0 Å². The van der Waals surface area contributed by atoms with Crippen LogP contribution >= 0.6 is 15.9 Å². The summed E-state index contributed by atoms with van der Waals surface area (Å²) in [6.07, 6.45) is 0.715. The van der Waals surface area contributed by atoms with Gasteiger partial charge < -0.3 is 10.1 Å². The highest BCUT2D eigenvalue weighted by Gasteiger charge is 2.26. The molecule has 1 unspecified atom stereocenters. The van der Waals surface area contributed by atoms with E-state index in [4.69, 9.17) is 4.74 Å². The number of anilines is 1. The van der Waals surface area contributed by atoms with Gasteiger partial charge in [0, 0.05) is 10.2 Å². The van der Waals surface area contributed by atoms with Gasteiger partial charge in [0.05, 0.1) is 6.61 Å². The van der Waals surface area contributed by atoms with E-state index in [2.05, 4.69) is 42.0 Å². The van der Waals surface area contributed by atoms with Crippen LogP contribution in [-0.2, 0) is 9.53 Å². The maximum Gasteiger partial charge on any atom is 0.328 e. The van der Waals surface area contributed by atoms with Gasteiger partial charge in [-0.05, 0) is 46.8 Å². The highest BCUT2D eigenvalue weighted by Crippen LogP contribution is 2.27. The molecule has 4 heteroatoms. The molecule has 1 atom stereocenters. The van der Waals surface area contributed by atoms with Crippen LogP contribution in [0.5, 0.6) is 0 Å². The van der Waals surface area contributed by atoms with Gasteiger partial charge >= 0.3 is 5.97 Å². The Morgan fingerprint density at radius 2 is 2.00 bits per heavy atom. The summed E-state index contributed by atoms with van der Waals surface area (Å²) in [5.74, 6) is -0.201. The zero-order valence-electron chi connectivity index (χ0n) is 12.0. The molecular formula is C15H22BrNO2. The number of esters is 1. The van der Waals surface area contributed by atoms with Crippen LogP contribution in [0.2, 0.25) is 0 Å². The number of hydrogen-bond acceptors (Lipinski definition) is 3. The molecule has 0 heterocycles. The number of carbonyl (C=O) groups is 1. The lowest BCUT2D eigenvalue weighted by Gasteiger charge is -2.26. The van der Waals surface area contributed by atoms with Gasteiger partial charge in [-0.25, -0.2) is 4.79 Å². The van der Waals surface area contributed by atoms with Gasteiger partial charge in [0.25, 0.3) is 0 Å². The summed E-state index contributed by atoms with van der Waals surface area (Å²) in [6.45, 7) is 8.56. The molecule has 0 aromatic heterocycles. The molecule has 0 bridgehead atoms. The van der Waals surface area contributed by atoms with Crippen LogP contribution in [-0.4, -0.2) is 18.6 Å². The van der Waals surface area contributed by atoms with E-state index >= 15 is 0 Å². The zero-order valence-corrected chi connectivity index (χ0v) is 13.6. The predicted molar refractivity (Wildman–Crippen MR) is 82.3 cm³/mol. The summed E-state index contributed by atoms with van der Waals surface area (Å²) in [4.78, 5) is 12.0. The van der Waals surface area contributed by atoms with Crippen molar-refractivity contribution in [1.29, 1.82) is 0 Å². The van der Waals surface area contributed by atoms with Crippen LogP contribution in [0.25, 0.3) is 0 Å². The standard InChI is InChI=1S/C15H22BrNO2/c1-5-19-14(18)13(10-15(2,3)4)17-12-9-7-6-8-11(12)16/h6-9,13,17H,5,10H2,1-4H3. The Labute approximate surface area is 123 Å². The fourth-order valence-electron chi connectivity index (χ4n) is 1.81. The number of nitrogens with one attached hydrogen (secondary N) is 1. The Morgan fingerprint density at radius 1 is 1.37 bits per heavy atom. The van der Waals surface area contributed by atoms with Crippen LogP contribution in [0.4, 0.5) is 5.69 Å². The zero-order chi connectivity index (χ0) is 14.5. The van der Waals surface area contributed by atoms with E-state index in [1.165, 1.54) is 0 Å². The second-order valence-electron chi connectivity index (χ2n) is 5.69. The molecule has 1 aromatic rings. The molecule has 0 aliphatic rings. The summed E-state index contributed by atoms with van der Waals surface area (Å²) >= 11 is 3.48. The highest BCUT2D eigenvalue weighted by molar-refractivity contribution is 9.10. The molecule has 1 rings (SSSR count). The minimum atomic E-state index is -0.335. The van der Waals surface area contributed by atoms with Crippen molar-refractivity contribution >= 4 is 27.6 Å². The molecule has 3 nitrogen and oxygen atoms in total. The van der Waals surface area contributed by atoms with Crippen molar-refractivity contribution in [2.45, 2.75) is 40.2 Å². The first-order valence-corrected chi connectivity index (χ1v) is 7.30. The van der Waals surface area contributed by atoms with Crippen molar-refractivity contribution in [2.24, 2.45) is 5.41 Å². The van der Waals surface area contributed by atoms with Crippen LogP contribution in [0.15, 0.2) is 28.7 Å². The number of rotatable bonds is 5. The molecule has 1 N–H and O–H groups in total. The van der Waals surface area contributed by atoms with E-state index < -0.39 is 0 Å². The largest absolute Gasteiger partial charge is 0.464 e. The number of hydrogen-bond donors (Lipinski definition) is 1. The first kappa shape index (κ1) is 16.0. The number of para-hydroxylation sites is 1. The minimum Gasteiger partial charge on any atom is -0.464 e. The average Bonchev–Trinajstić information content (AvgIpc) is 2.29. The molecule has 0 radical (unpaired) electrons. The van der Waals surface area contributed by atoms with Crippen LogP contribution in [0, 0.1) is 5.41 Å². The van der Waals surface area contributed by atoms with Crippen molar-refractivity contribution in [3.05, 3.63) is 28.7 Å². The van der Waals surface area contributed by atoms with Crippen molar-refractivity contribution < 1.29 is 9.53 Å². The number of benzene rings is 1. The summed E-state index contributed by atoms with van der Waals surface area (Å²) < 4.78 is 6.09. The predicted octanol–water partition coefficient (Wildman–Crippen LogP) is 4.23. The van der Waals surface area contributed by atoms with Crippen LogP contribution in [0.1, 0.15) is 34.1 Å². The molecule has 0 saturated carbocycles. The maximum absolute atomic E-state index is 12.0. The molecule has 0 spiro atoms. The third-order valence-corrected chi connectivity index (χ3v) is 3.28. The smallest absolute Gasteiger partial charge is 0.328 e. The summed E-state index contributed by atoms with van der Waals surface area (Å²) in [7, 11) is 0. The molecule has 0 aliphatic heterocycles. The van der Waals surface area contributed by atoms with E-state index in [-0.39, 0.29) is 17.4 Å². The Kier molecular flexibility index (Phi) is 5.85. The SMILES string of the molecule is CCOC(=O)C(CC(C)(C)C)Nc1ccccc1Br. The first-order chi connectivity index (χ1) is 8.83. The molecule has 0 amide bonds. The summed E-state index contributed by atoms with van der Waals surface area (Å²) in [5.41, 5.74) is 0.955. The van der Waals surface area contributed by atoms with E-state index in [0.29, 0.717) is 13.0 Å². The third-order valence-electron chi connectivity index (χ3n) is 2.59. The number of carbonyl (C=O) groups excluding carboxylic acids is 1. The van der Waals surface area contributed by atoms with E-state index in [1.807, 2.05) is 31.2 Å². The Morgan fingerprint density at radius 3 is 2.53 bits per heavy atom. The van der Waals surface area contributed by atoms with Crippen LogP contribution < -0.4 is 5.32 Å². The third kappa shape index (κ3) is 5.64. The van der Waals surface area contributed by atoms with Crippen LogP contribution in [0.3, 0.4) is 0 Å². The molecule has 0 saturated heterocycles. The monoisotopic (exact) mass is 327 g/mol. The van der Waals surface area contributed by atoms with Crippen molar-refractivity contribution in [1.82, 2.24) is 0 Å². The van der Waals surface area contributed by atoms with Crippen molar-refractivity contribution in [3.8, 4) is 0 Å². The summed E-state index contributed by atoms with van der Waals surface area (Å²) in [6, 6.07) is 7.43. The van der Waals surface area contributed by atoms with Gasteiger partial charge in [-0.2, -0.15) is 0 Å². The van der Waals surface area contributed by atoms with Crippen molar-refractivity contribution in [2.75, 3.05) is 11.9 Å². The lowest BCUT2D eigenvalue weighted by molar-refractivity contribution is -0.144. The minimum absolute atomic E-state index is 0.0473. The molecule has 1 aromatic carbocycles. The lowest BCUT2D eigenvalue weighted by Crippen LogP contribution is -2.35. The Bertz CT molecular complexity index is 426. The van der Waals surface area contributed by atoms with Gasteiger partial charge in [-0.1, -0.05) is 32.9 Å². The molecule has 0 aliphatic carbocycles. The summed E-state index contributed by atoms with van der Waals surface area (Å²) in [5, 5.41) is 3.27. The normalized spacial score (nSPS) is 12.9. The van der Waals surface area contributed by atoms with Gasteiger partial charge in [0.1, 0.15) is 6.04 Å². The van der Waals surface area contributed by atoms with Gasteiger partial charge in [0.15, 0.2) is 0 Å². The average molecular weight is 328 g/mol. The van der Waals surface area contributed by atoms with E-state index in [0.717, 1.165) is 10.2 Å². The fourth-order valence-corrected chi connectivity index (χ4v) is 2.21. The molecule has 106 valence electrons. The Hall–Kier alpha value is -1.03. The lowest BCUT2D eigenvalue weighted by atomic mass is 9.88. The van der Waals surface area contributed by atoms with E-state index in [9.17, 15) is 4.79 Å². The highest BCUT2D eigenvalue weighted by atomic mass is 79.9. The number of ether oxygens (including phenoxy) is 1. The molecule has 19 heavy (non-hydrogen) atoms. The van der Waals surface area contributed by atoms with Gasteiger partial charge in [-0.3, -0.25) is 0 Å². The topological polar surface area (TPSA) is 38.3 Å². The Balaban J connectivity index is 2.85.